The molecule has 0 bridgehead atoms. The lowest BCUT2D eigenvalue weighted by molar-refractivity contribution is -0.135. The highest BCUT2D eigenvalue weighted by Crippen LogP contribution is 2.22. The molecule has 1 atom stereocenters. The quantitative estimate of drug-likeness (QED) is 0.656. The first kappa shape index (κ1) is 20.4. The first-order valence-corrected chi connectivity index (χ1v) is 10.7. The van der Waals surface area contributed by atoms with E-state index in [0.29, 0.717) is 31.1 Å². The summed E-state index contributed by atoms with van der Waals surface area (Å²) in [6, 6.07) is 21.7. The number of rotatable bonds is 5. The number of fused-ring (bicyclic) bond motifs is 1. The van der Waals surface area contributed by atoms with Gasteiger partial charge in [0.05, 0.1) is 12.3 Å². The molecule has 1 saturated heterocycles. The van der Waals surface area contributed by atoms with E-state index in [1.807, 2.05) is 53.4 Å². The minimum Gasteiger partial charge on any atom is -0.352 e. The van der Waals surface area contributed by atoms with Crippen molar-refractivity contribution in [2.75, 3.05) is 13.1 Å². The van der Waals surface area contributed by atoms with Crippen molar-refractivity contribution in [1.82, 2.24) is 10.2 Å². The van der Waals surface area contributed by atoms with Crippen LogP contribution in [0.2, 0.25) is 5.02 Å². The molecule has 0 aliphatic carbocycles. The highest BCUT2D eigenvalue weighted by atomic mass is 35.5. The van der Waals surface area contributed by atoms with Crippen LogP contribution >= 0.6 is 11.6 Å². The van der Waals surface area contributed by atoms with Crippen LogP contribution in [0.4, 0.5) is 0 Å². The van der Waals surface area contributed by atoms with Crippen molar-refractivity contribution in [3.05, 3.63) is 82.9 Å². The molecule has 1 aliphatic heterocycles. The number of hydrogen-bond donors (Lipinski definition) is 1. The van der Waals surface area contributed by atoms with Gasteiger partial charge in [0.15, 0.2) is 0 Å². The Morgan fingerprint density at radius 2 is 1.83 bits per heavy atom. The number of benzene rings is 3. The van der Waals surface area contributed by atoms with Crippen molar-refractivity contribution in [2.24, 2.45) is 5.92 Å². The van der Waals surface area contributed by atoms with Crippen LogP contribution in [-0.4, -0.2) is 29.8 Å². The smallest absolute Gasteiger partial charge is 0.227 e. The normalized spacial score (nSPS) is 16.4. The van der Waals surface area contributed by atoms with Gasteiger partial charge in [0, 0.05) is 24.7 Å². The number of amides is 2. The average molecular weight is 421 g/mol. The zero-order valence-corrected chi connectivity index (χ0v) is 17.6. The second-order valence-corrected chi connectivity index (χ2v) is 8.28. The van der Waals surface area contributed by atoms with Gasteiger partial charge in [-0.3, -0.25) is 9.59 Å². The SMILES string of the molecule is O=C(NCc1cccc(Cl)c1)C1CCCN(C(=O)Cc2cccc3ccccc23)C1. The van der Waals surface area contributed by atoms with Crippen molar-refractivity contribution < 1.29 is 9.59 Å². The van der Waals surface area contributed by atoms with Gasteiger partial charge in [0.1, 0.15) is 0 Å². The molecule has 2 amide bonds. The fourth-order valence-electron chi connectivity index (χ4n) is 4.12. The van der Waals surface area contributed by atoms with Crippen LogP contribution in [0.3, 0.4) is 0 Å². The highest BCUT2D eigenvalue weighted by molar-refractivity contribution is 6.30. The Morgan fingerprint density at radius 3 is 2.70 bits per heavy atom. The molecule has 0 aromatic heterocycles. The fourth-order valence-corrected chi connectivity index (χ4v) is 4.33. The van der Waals surface area contributed by atoms with Crippen LogP contribution in [0.15, 0.2) is 66.7 Å². The maximum Gasteiger partial charge on any atom is 0.227 e. The molecule has 1 fully saturated rings. The lowest BCUT2D eigenvalue weighted by Crippen LogP contribution is -2.45. The zero-order chi connectivity index (χ0) is 20.9. The number of carbonyl (C=O) groups excluding carboxylic acids is 2. The number of halogens is 1. The minimum atomic E-state index is -0.172. The van der Waals surface area contributed by atoms with Crippen LogP contribution in [0.5, 0.6) is 0 Å². The third-order valence-corrected chi connectivity index (χ3v) is 5.96. The van der Waals surface area contributed by atoms with Gasteiger partial charge in [-0.15, -0.1) is 0 Å². The molecule has 4 rings (SSSR count). The Bertz CT molecular complexity index is 1060. The van der Waals surface area contributed by atoms with Gasteiger partial charge in [0.2, 0.25) is 11.8 Å². The Kier molecular flexibility index (Phi) is 6.34. The number of nitrogens with one attached hydrogen (secondary N) is 1. The summed E-state index contributed by atoms with van der Waals surface area (Å²) < 4.78 is 0. The largest absolute Gasteiger partial charge is 0.352 e. The van der Waals surface area contributed by atoms with Crippen LogP contribution in [-0.2, 0) is 22.6 Å². The number of nitrogens with zero attached hydrogens (tertiary/aromatic N) is 1. The van der Waals surface area contributed by atoms with E-state index in [9.17, 15) is 9.59 Å². The molecule has 30 heavy (non-hydrogen) atoms. The van der Waals surface area contributed by atoms with E-state index in [2.05, 4.69) is 23.5 Å². The Balaban J connectivity index is 1.37. The van der Waals surface area contributed by atoms with Crippen molar-refractivity contribution >= 4 is 34.2 Å². The van der Waals surface area contributed by atoms with Gasteiger partial charge >= 0.3 is 0 Å². The monoisotopic (exact) mass is 420 g/mol. The van der Waals surface area contributed by atoms with E-state index < -0.39 is 0 Å². The molecular weight excluding hydrogens is 396 g/mol. The minimum absolute atomic E-state index is 0.00219. The molecule has 1 heterocycles. The summed E-state index contributed by atoms with van der Waals surface area (Å²) >= 11 is 6.01. The lowest BCUT2D eigenvalue weighted by atomic mass is 9.95. The van der Waals surface area contributed by atoms with Crippen molar-refractivity contribution in [3.63, 3.8) is 0 Å². The van der Waals surface area contributed by atoms with Gasteiger partial charge < -0.3 is 10.2 Å². The van der Waals surface area contributed by atoms with E-state index >= 15 is 0 Å². The summed E-state index contributed by atoms with van der Waals surface area (Å²) in [4.78, 5) is 27.5. The van der Waals surface area contributed by atoms with E-state index in [-0.39, 0.29) is 17.7 Å². The fraction of sp³-hybridized carbons (Fsp3) is 0.280. The van der Waals surface area contributed by atoms with Crippen molar-refractivity contribution in [3.8, 4) is 0 Å². The second-order valence-electron chi connectivity index (χ2n) is 7.84. The summed E-state index contributed by atoms with van der Waals surface area (Å²) in [7, 11) is 0. The molecule has 0 radical (unpaired) electrons. The molecule has 5 heteroatoms. The molecular formula is C25H25ClN2O2. The molecule has 154 valence electrons. The zero-order valence-electron chi connectivity index (χ0n) is 16.8. The Hall–Kier alpha value is -2.85. The van der Waals surface area contributed by atoms with Gasteiger partial charge in [-0.1, -0.05) is 66.2 Å². The van der Waals surface area contributed by atoms with Crippen molar-refractivity contribution in [2.45, 2.75) is 25.8 Å². The van der Waals surface area contributed by atoms with Gasteiger partial charge in [-0.25, -0.2) is 0 Å². The highest BCUT2D eigenvalue weighted by Gasteiger charge is 2.28. The summed E-state index contributed by atoms with van der Waals surface area (Å²) in [5.74, 6) is -0.0919. The number of carbonyl (C=O) groups is 2. The molecule has 0 spiro atoms. The van der Waals surface area contributed by atoms with Gasteiger partial charge in [-0.05, 0) is 46.9 Å². The van der Waals surface area contributed by atoms with E-state index in [0.717, 1.165) is 34.7 Å². The van der Waals surface area contributed by atoms with Gasteiger partial charge in [-0.2, -0.15) is 0 Å². The number of piperidine rings is 1. The predicted octanol–water partition coefficient (Wildman–Crippen LogP) is 4.59. The topological polar surface area (TPSA) is 49.4 Å². The number of likely N-dealkylation sites (tertiary alicyclic amines) is 1. The lowest BCUT2D eigenvalue weighted by Gasteiger charge is -2.32. The third kappa shape index (κ3) is 4.82. The molecule has 1 unspecified atom stereocenters. The first-order valence-electron chi connectivity index (χ1n) is 10.4. The van der Waals surface area contributed by atoms with Gasteiger partial charge in [0.25, 0.3) is 0 Å². The van der Waals surface area contributed by atoms with E-state index in [1.165, 1.54) is 0 Å². The second kappa shape index (κ2) is 9.31. The molecule has 3 aromatic rings. The molecule has 1 aliphatic rings. The predicted molar refractivity (Wildman–Crippen MR) is 120 cm³/mol. The molecule has 3 aromatic carbocycles. The first-order chi connectivity index (χ1) is 14.6. The van der Waals surface area contributed by atoms with E-state index in [1.54, 1.807) is 0 Å². The van der Waals surface area contributed by atoms with Crippen LogP contribution < -0.4 is 5.32 Å². The van der Waals surface area contributed by atoms with Crippen LogP contribution in [0.1, 0.15) is 24.0 Å². The molecule has 4 nitrogen and oxygen atoms in total. The van der Waals surface area contributed by atoms with Crippen LogP contribution in [0, 0.1) is 5.92 Å². The standard InChI is InChI=1S/C25H25ClN2O2/c26-22-11-3-6-18(14-22)16-27-25(30)21-10-5-13-28(17-21)24(29)15-20-9-4-8-19-7-1-2-12-23(19)20/h1-4,6-9,11-12,14,21H,5,10,13,15-17H2,(H,27,30). The maximum atomic E-state index is 13.0. The summed E-state index contributed by atoms with van der Waals surface area (Å²) in [5, 5.41) is 5.90. The molecule has 1 N–H and O–H groups in total. The maximum absolute atomic E-state index is 13.0. The van der Waals surface area contributed by atoms with E-state index in [4.69, 9.17) is 11.6 Å². The third-order valence-electron chi connectivity index (χ3n) is 5.72. The molecule has 0 saturated carbocycles. The van der Waals surface area contributed by atoms with Crippen molar-refractivity contribution in [1.29, 1.82) is 0 Å². The Morgan fingerprint density at radius 1 is 1.03 bits per heavy atom. The van der Waals surface area contributed by atoms with Crippen LogP contribution in [0.25, 0.3) is 10.8 Å². The summed E-state index contributed by atoms with van der Waals surface area (Å²) in [6.07, 6.45) is 2.01. The average Bonchev–Trinajstić information content (AvgIpc) is 2.78. The summed E-state index contributed by atoms with van der Waals surface area (Å²) in [6.45, 7) is 1.63. The summed E-state index contributed by atoms with van der Waals surface area (Å²) in [5.41, 5.74) is 2.00. The Labute approximate surface area is 181 Å². The number of hydrogen-bond acceptors (Lipinski definition) is 2.